The lowest BCUT2D eigenvalue weighted by Crippen LogP contribution is -2.49. The Morgan fingerprint density at radius 1 is 0.972 bits per heavy atom. The van der Waals surface area contributed by atoms with Crippen LogP contribution in [0.1, 0.15) is 12.8 Å². The third-order valence-electron chi connectivity index (χ3n) is 7.83. The summed E-state index contributed by atoms with van der Waals surface area (Å²) in [4.78, 5) is 29.1. The number of hydrogen-bond donors (Lipinski definition) is 2. The van der Waals surface area contributed by atoms with Crippen LogP contribution in [0.3, 0.4) is 0 Å². The number of nitrogens with one attached hydrogen (secondary N) is 1. The molecular formula is C28H29ClN4O3. The van der Waals surface area contributed by atoms with Crippen LogP contribution in [0.25, 0.3) is 32.9 Å². The molecule has 2 aliphatic heterocycles. The third kappa shape index (κ3) is 3.92. The maximum atomic E-state index is 13.5. The van der Waals surface area contributed by atoms with Crippen LogP contribution in [-0.4, -0.2) is 51.9 Å². The molecule has 0 bridgehead atoms. The highest BCUT2D eigenvalue weighted by Crippen LogP contribution is 2.38. The number of aromatic nitrogens is 2. The average Bonchev–Trinajstić information content (AvgIpc) is 3.24. The first-order valence-corrected chi connectivity index (χ1v) is 12.9. The van der Waals surface area contributed by atoms with Crippen LogP contribution >= 0.6 is 11.6 Å². The number of phenols is 1. The number of hydrogen-bond acceptors (Lipinski definition) is 5. The van der Waals surface area contributed by atoms with Crippen molar-refractivity contribution in [2.24, 2.45) is 5.92 Å². The van der Waals surface area contributed by atoms with E-state index in [2.05, 4.69) is 17.3 Å². The van der Waals surface area contributed by atoms with Gasteiger partial charge in [-0.15, -0.1) is 0 Å². The summed E-state index contributed by atoms with van der Waals surface area (Å²) in [5.74, 6) is 0.447. The molecule has 1 aromatic heterocycles. The molecule has 0 radical (unpaired) electrons. The summed E-state index contributed by atoms with van der Waals surface area (Å²) >= 11 is 6.88. The molecule has 2 saturated heterocycles. The molecule has 186 valence electrons. The van der Waals surface area contributed by atoms with Crippen LogP contribution in [0.2, 0.25) is 5.02 Å². The zero-order valence-corrected chi connectivity index (χ0v) is 21.0. The van der Waals surface area contributed by atoms with E-state index < -0.39 is 11.1 Å². The molecule has 4 aromatic rings. The van der Waals surface area contributed by atoms with Crippen molar-refractivity contribution in [3.8, 4) is 16.9 Å². The van der Waals surface area contributed by atoms with E-state index in [9.17, 15) is 14.7 Å². The summed E-state index contributed by atoms with van der Waals surface area (Å²) in [7, 11) is 2.07. The van der Waals surface area contributed by atoms with Gasteiger partial charge in [0.15, 0.2) is 0 Å². The second-order valence-electron chi connectivity index (χ2n) is 10.2. The third-order valence-corrected chi connectivity index (χ3v) is 8.14. The quantitative estimate of drug-likeness (QED) is 0.405. The van der Waals surface area contributed by atoms with E-state index >= 15 is 0 Å². The van der Waals surface area contributed by atoms with E-state index in [1.807, 2.05) is 36.4 Å². The summed E-state index contributed by atoms with van der Waals surface area (Å²) in [5, 5.41) is 16.0. The first-order chi connectivity index (χ1) is 17.4. The van der Waals surface area contributed by atoms with Crippen molar-refractivity contribution in [1.82, 2.24) is 19.4 Å². The molecule has 2 aliphatic rings. The SMILES string of the molecule is CN1CCC[C@H]1Cn1c(=O)c(=O)n(CC2CNC2)c2cc(Cl)c(-c3cc(O)cc4ccccc34)cc21. The summed E-state index contributed by atoms with van der Waals surface area (Å²) in [6.45, 7) is 3.56. The zero-order chi connectivity index (χ0) is 25.0. The number of fused-ring (bicyclic) bond motifs is 2. The maximum absolute atomic E-state index is 13.5. The number of benzene rings is 3. The molecule has 0 aliphatic carbocycles. The minimum atomic E-state index is -0.498. The van der Waals surface area contributed by atoms with E-state index in [0.717, 1.165) is 54.4 Å². The number of likely N-dealkylation sites (tertiary alicyclic amines) is 1. The maximum Gasteiger partial charge on any atom is 0.317 e. The smallest absolute Gasteiger partial charge is 0.317 e. The fourth-order valence-electron chi connectivity index (χ4n) is 5.68. The second kappa shape index (κ2) is 9.07. The van der Waals surface area contributed by atoms with E-state index in [1.165, 1.54) is 0 Å². The van der Waals surface area contributed by atoms with Gasteiger partial charge >= 0.3 is 11.1 Å². The molecular weight excluding hydrogens is 476 g/mol. The standard InChI is InChI=1S/C28H29ClN4O3/c1-31-8-4-6-19(31)16-33-25-11-23(22-10-20(34)9-18-5-2-3-7-21(18)22)24(29)12-26(25)32(27(35)28(33)36)15-17-13-30-14-17/h2-3,5,7,9-12,17,19,30,34H,4,6,8,13-16H2,1H3/t19-/m0/s1. The van der Waals surface area contributed by atoms with Crippen molar-refractivity contribution in [2.45, 2.75) is 32.0 Å². The predicted octanol–water partition coefficient (Wildman–Crippen LogP) is 3.66. The van der Waals surface area contributed by atoms with Gasteiger partial charge in [0.1, 0.15) is 5.75 Å². The Kier molecular flexibility index (Phi) is 5.86. The molecule has 2 N–H and O–H groups in total. The molecule has 8 heteroatoms. The summed E-state index contributed by atoms with van der Waals surface area (Å²) < 4.78 is 3.25. The second-order valence-corrected chi connectivity index (χ2v) is 10.6. The van der Waals surface area contributed by atoms with Gasteiger partial charge in [0.2, 0.25) is 0 Å². The predicted molar refractivity (Wildman–Crippen MR) is 144 cm³/mol. The highest BCUT2D eigenvalue weighted by molar-refractivity contribution is 6.34. The van der Waals surface area contributed by atoms with Gasteiger partial charge in [-0.2, -0.15) is 0 Å². The van der Waals surface area contributed by atoms with Gasteiger partial charge in [-0.25, -0.2) is 0 Å². The van der Waals surface area contributed by atoms with Crippen LogP contribution < -0.4 is 16.4 Å². The normalized spacial score (nSPS) is 18.8. The van der Waals surface area contributed by atoms with E-state index in [0.29, 0.717) is 35.1 Å². The highest BCUT2D eigenvalue weighted by Gasteiger charge is 2.26. The molecule has 0 amide bonds. The molecule has 0 unspecified atom stereocenters. The Hall–Kier alpha value is -3.13. The lowest BCUT2D eigenvalue weighted by atomic mass is 9.97. The van der Waals surface area contributed by atoms with E-state index in [1.54, 1.807) is 21.3 Å². The Morgan fingerprint density at radius 2 is 1.69 bits per heavy atom. The molecule has 7 nitrogen and oxygen atoms in total. The molecule has 36 heavy (non-hydrogen) atoms. The van der Waals surface area contributed by atoms with Crippen molar-refractivity contribution in [3.05, 3.63) is 74.3 Å². The average molecular weight is 505 g/mol. The fourth-order valence-corrected chi connectivity index (χ4v) is 5.94. The number of phenolic OH excluding ortho intramolecular Hbond substituents is 1. The Bertz CT molecular complexity index is 1610. The van der Waals surface area contributed by atoms with Crippen molar-refractivity contribution in [1.29, 1.82) is 0 Å². The summed E-state index contributed by atoms with van der Waals surface area (Å²) in [6, 6.07) is 15.2. The van der Waals surface area contributed by atoms with Gasteiger partial charge in [-0.1, -0.05) is 35.9 Å². The number of halogens is 1. The van der Waals surface area contributed by atoms with Crippen molar-refractivity contribution in [2.75, 3.05) is 26.7 Å². The first-order valence-electron chi connectivity index (χ1n) is 12.5. The summed E-state index contributed by atoms with van der Waals surface area (Å²) in [6.07, 6.45) is 2.06. The topological polar surface area (TPSA) is 79.5 Å². The van der Waals surface area contributed by atoms with Gasteiger partial charge in [-0.3, -0.25) is 9.59 Å². The van der Waals surface area contributed by atoms with Gasteiger partial charge in [0, 0.05) is 43.7 Å². The highest BCUT2D eigenvalue weighted by atomic mass is 35.5. The van der Waals surface area contributed by atoms with E-state index in [4.69, 9.17) is 11.6 Å². The Labute approximate surface area is 213 Å². The van der Waals surface area contributed by atoms with Gasteiger partial charge in [-0.05, 0) is 67.0 Å². The lowest BCUT2D eigenvalue weighted by molar-refractivity contribution is 0.280. The molecule has 0 spiro atoms. The number of aromatic hydroxyl groups is 1. The van der Waals surface area contributed by atoms with E-state index in [-0.39, 0.29) is 11.8 Å². The van der Waals surface area contributed by atoms with Gasteiger partial charge < -0.3 is 24.5 Å². The molecule has 6 rings (SSSR count). The van der Waals surface area contributed by atoms with Crippen LogP contribution in [0.15, 0.2) is 58.1 Å². The Balaban J connectivity index is 1.62. The minimum Gasteiger partial charge on any atom is -0.508 e. The molecule has 3 heterocycles. The van der Waals surface area contributed by atoms with Gasteiger partial charge in [0.25, 0.3) is 0 Å². The molecule has 2 fully saturated rings. The number of rotatable bonds is 5. The Morgan fingerprint density at radius 3 is 2.39 bits per heavy atom. The first kappa shape index (κ1) is 23.3. The monoisotopic (exact) mass is 504 g/mol. The van der Waals surface area contributed by atoms with Gasteiger partial charge in [0.05, 0.1) is 16.1 Å². The van der Waals surface area contributed by atoms with Crippen LogP contribution in [0.4, 0.5) is 0 Å². The summed E-state index contributed by atoms with van der Waals surface area (Å²) in [5.41, 5.74) is 1.88. The largest absolute Gasteiger partial charge is 0.508 e. The van der Waals surface area contributed by atoms with Crippen LogP contribution in [-0.2, 0) is 13.1 Å². The van der Waals surface area contributed by atoms with Crippen molar-refractivity contribution < 1.29 is 5.11 Å². The van der Waals surface area contributed by atoms with Crippen molar-refractivity contribution >= 4 is 33.4 Å². The van der Waals surface area contributed by atoms with Crippen molar-refractivity contribution in [3.63, 3.8) is 0 Å². The van der Waals surface area contributed by atoms with Crippen LogP contribution in [0.5, 0.6) is 5.75 Å². The zero-order valence-electron chi connectivity index (χ0n) is 20.2. The minimum absolute atomic E-state index is 0.146. The fraction of sp³-hybridized carbons (Fsp3) is 0.357. The molecule has 0 saturated carbocycles. The lowest BCUT2D eigenvalue weighted by Gasteiger charge is -2.29. The van der Waals surface area contributed by atoms with Crippen LogP contribution in [0, 0.1) is 5.92 Å². The molecule has 3 aromatic carbocycles. The number of likely N-dealkylation sites (N-methyl/N-ethyl adjacent to an activating group) is 1. The number of nitrogens with zero attached hydrogens (tertiary/aromatic N) is 3. The molecule has 1 atom stereocenters.